The van der Waals surface area contributed by atoms with Gasteiger partial charge in [-0.25, -0.2) is 8.78 Å². The fourth-order valence-electron chi connectivity index (χ4n) is 5.33. The highest BCUT2D eigenvalue weighted by Crippen LogP contribution is 2.46. The van der Waals surface area contributed by atoms with Gasteiger partial charge in [0, 0.05) is 42.7 Å². The van der Waals surface area contributed by atoms with Gasteiger partial charge in [0.25, 0.3) is 0 Å². The quantitative estimate of drug-likeness (QED) is 0.921. The van der Waals surface area contributed by atoms with E-state index in [1.807, 2.05) is 0 Å². The average Bonchev–Trinajstić information content (AvgIpc) is 2.87. The molecule has 2 N–H and O–H groups in total. The lowest BCUT2D eigenvalue weighted by Crippen LogP contribution is -2.61. The molecule has 2 bridgehead atoms. The van der Waals surface area contributed by atoms with Crippen molar-refractivity contribution in [3.05, 3.63) is 35.4 Å². The first-order valence-corrected chi connectivity index (χ1v) is 9.05. The normalized spacial score (nSPS) is 36.1. The van der Waals surface area contributed by atoms with Crippen LogP contribution < -0.4 is 5.73 Å². The van der Waals surface area contributed by atoms with Gasteiger partial charge in [0.2, 0.25) is 0 Å². The third-order valence-corrected chi connectivity index (χ3v) is 6.02. The molecule has 24 heavy (non-hydrogen) atoms. The zero-order chi connectivity index (χ0) is 17.1. The lowest BCUT2D eigenvalue weighted by molar-refractivity contribution is -0.0104. The van der Waals surface area contributed by atoms with Gasteiger partial charge in [0.05, 0.1) is 0 Å². The largest absolute Gasteiger partial charge is 0.324 e. The van der Waals surface area contributed by atoms with Gasteiger partial charge < -0.3 is 5.73 Å². The number of benzene rings is 1. The van der Waals surface area contributed by atoms with Crippen molar-refractivity contribution in [2.45, 2.75) is 50.2 Å². The molecule has 4 aliphatic rings. The Balaban J connectivity index is 1.69. The summed E-state index contributed by atoms with van der Waals surface area (Å²) in [6, 6.07) is 4.83. The number of rotatable bonds is 3. The summed E-state index contributed by atoms with van der Waals surface area (Å²) in [5.41, 5.74) is 6.83. The van der Waals surface area contributed by atoms with E-state index in [4.69, 9.17) is 5.73 Å². The van der Waals surface area contributed by atoms with Gasteiger partial charge in [-0.1, -0.05) is 0 Å². The molecule has 1 aromatic rings. The maximum Gasteiger partial charge on any atom is 0.126 e. The monoisotopic (exact) mass is 335 g/mol. The summed E-state index contributed by atoms with van der Waals surface area (Å²) in [6.07, 6.45) is 2.46. The van der Waals surface area contributed by atoms with E-state index in [9.17, 15) is 8.78 Å². The third kappa shape index (κ3) is 2.87. The molecule has 5 rings (SSSR count). The minimum Gasteiger partial charge on any atom is -0.324 e. The number of halogens is 2. The van der Waals surface area contributed by atoms with Gasteiger partial charge in [-0.3, -0.25) is 9.80 Å². The summed E-state index contributed by atoms with van der Waals surface area (Å²) in [6.45, 7) is 8.00. The maximum absolute atomic E-state index is 13.8. The summed E-state index contributed by atoms with van der Waals surface area (Å²) in [7, 11) is 0. The summed E-state index contributed by atoms with van der Waals surface area (Å²) < 4.78 is 27.5. The van der Waals surface area contributed by atoms with E-state index >= 15 is 0 Å². The summed E-state index contributed by atoms with van der Waals surface area (Å²) >= 11 is 0. The number of nitrogens with two attached hydrogens (primary N) is 1. The number of nitrogens with zero attached hydrogens (tertiary/aromatic N) is 2. The van der Waals surface area contributed by atoms with E-state index in [-0.39, 0.29) is 11.5 Å². The van der Waals surface area contributed by atoms with Crippen molar-refractivity contribution in [3.63, 3.8) is 0 Å². The minimum absolute atomic E-state index is 0.158. The number of hydrogen-bond donors (Lipinski definition) is 1. The average molecular weight is 335 g/mol. The Bertz CT molecular complexity index is 599. The van der Waals surface area contributed by atoms with E-state index in [0.29, 0.717) is 18.0 Å². The van der Waals surface area contributed by atoms with Crippen LogP contribution in [0.1, 0.15) is 38.2 Å². The second kappa shape index (κ2) is 5.75. The Hall–Kier alpha value is -1.04. The van der Waals surface area contributed by atoms with Crippen molar-refractivity contribution in [2.24, 2.45) is 11.7 Å². The number of hydrogen-bond acceptors (Lipinski definition) is 3. The molecule has 0 saturated carbocycles. The Morgan fingerprint density at radius 1 is 1.08 bits per heavy atom. The van der Waals surface area contributed by atoms with Crippen molar-refractivity contribution < 1.29 is 8.78 Å². The van der Waals surface area contributed by atoms with Crippen LogP contribution in [0.2, 0.25) is 0 Å². The molecule has 3 nitrogen and oxygen atoms in total. The van der Waals surface area contributed by atoms with Gasteiger partial charge in [0.15, 0.2) is 0 Å². The SMILES string of the molecule is CC(C)(N)CN1C[C@@H](c2cc(F)cc(F)c2)[C@@H]2[C@H]1C1CCN2CC1. The highest BCUT2D eigenvalue weighted by molar-refractivity contribution is 5.28. The Kier molecular flexibility index (Phi) is 3.94. The second-order valence-corrected chi connectivity index (χ2v) is 8.58. The van der Waals surface area contributed by atoms with Gasteiger partial charge in [-0.15, -0.1) is 0 Å². The fraction of sp³-hybridized carbons (Fsp3) is 0.684. The molecule has 4 fully saturated rings. The van der Waals surface area contributed by atoms with Gasteiger partial charge in [0.1, 0.15) is 11.6 Å². The van der Waals surface area contributed by atoms with Crippen LogP contribution in [0, 0.1) is 17.6 Å². The molecule has 0 aliphatic carbocycles. The van der Waals surface area contributed by atoms with Crippen LogP contribution in [0.25, 0.3) is 0 Å². The highest BCUT2D eigenvalue weighted by Gasteiger charge is 2.53. The first-order chi connectivity index (χ1) is 11.3. The van der Waals surface area contributed by atoms with Crippen LogP contribution in [0.3, 0.4) is 0 Å². The van der Waals surface area contributed by atoms with Crippen LogP contribution in [0.4, 0.5) is 8.78 Å². The standard InChI is InChI=1S/C19H27F2N3/c1-19(2,22)11-24-10-16(13-7-14(20)9-15(21)8-13)18-17(24)12-3-5-23(18)6-4-12/h7-9,12,16-18H,3-6,10-11,22H2,1-2H3/t16-,17+,18+/m0/s1. The van der Waals surface area contributed by atoms with Gasteiger partial charge >= 0.3 is 0 Å². The van der Waals surface area contributed by atoms with Crippen LogP contribution in [-0.4, -0.2) is 53.6 Å². The molecule has 132 valence electrons. The van der Waals surface area contributed by atoms with Crippen LogP contribution in [0.5, 0.6) is 0 Å². The smallest absolute Gasteiger partial charge is 0.126 e. The number of likely N-dealkylation sites (tertiary alicyclic amines) is 1. The molecule has 0 spiro atoms. The molecule has 0 aromatic heterocycles. The molecular formula is C19H27F2N3. The molecule has 0 amide bonds. The Labute approximate surface area is 142 Å². The lowest BCUT2D eigenvalue weighted by atomic mass is 9.75. The lowest BCUT2D eigenvalue weighted by Gasteiger charge is -2.51. The van der Waals surface area contributed by atoms with Crippen LogP contribution in [-0.2, 0) is 0 Å². The van der Waals surface area contributed by atoms with Crippen molar-refractivity contribution in [1.82, 2.24) is 9.80 Å². The summed E-state index contributed by atoms with van der Waals surface area (Å²) in [4.78, 5) is 5.04. The van der Waals surface area contributed by atoms with Crippen molar-refractivity contribution >= 4 is 0 Å². The van der Waals surface area contributed by atoms with Crippen molar-refractivity contribution in [2.75, 3.05) is 26.2 Å². The van der Waals surface area contributed by atoms with Crippen LogP contribution in [0.15, 0.2) is 18.2 Å². The van der Waals surface area contributed by atoms with E-state index in [2.05, 4.69) is 23.6 Å². The summed E-state index contributed by atoms with van der Waals surface area (Å²) in [5, 5.41) is 0. The molecule has 5 heteroatoms. The van der Waals surface area contributed by atoms with E-state index < -0.39 is 11.6 Å². The molecular weight excluding hydrogens is 308 g/mol. The molecule has 4 aliphatic heterocycles. The third-order valence-electron chi connectivity index (χ3n) is 6.02. The van der Waals surface area contributed by atoms with Crippen molar-refractivity contribution in [3.8, 4) is 0 Å². The molecule has 4 saturated heterocycles. The first-order valence-electron chi connectivity index (χ1n) is 9.05. The summed E-state index contributed by atoms with van der Waals surface area (Å²) in [5.74, 6) is -0.110. The predicted octanol–water partition coefficient (Wildman–Crippen LogP) is 2.56. The maximum atomic E-state index is 13.8. The molecule has 1 aromatic carbocycles. The second-order valence-electron chi connectivity index (χ2n) is 8.58. The topological polar surface area (TPSA) is 32.5 Å². The first kappa shape index (κ1) is 16.4. The molecule has 0 unspecified atom stereocenters. The number of fused-ring (bicyclic) bond motifs is 2. The van der Waals surface area contributed by atoms with Crippen LogP contribution >= 0.6 is 0 Å². The predicted molar refractivity (Wildman–Crippen MR) is 90.8 cm³/mol. The van der Waals surface area contributed by atoms with E-state index in [1.54, 1.807) is 0 Å². The molecule has 4 heterocycles. The highest BCUT2D eigenvalue weighted by atomic mass is 19.1. The zero-order valence-electron chi connectivity index (χ0n) is 14.5. The van der Waals surface area contributed by atoms with E-state index in [1.165, 1.54) is 25.0 Å². The fourth-order valence-corrected chi connectivity index (χ4v) is 5.33. The molecule has 0 radical (unpaired) electrons. The Morgan fingerprint density at radius 3 is 2.29 bits per heavy atom. The Morgan fingerprint density at radius 2 is 1.71 bits per heavy atom. The van der Waals surface area contributed by atoms with Gasteiger partial charge in [-0.2, -0.15) is 0 Å². The van der Waals surface area contributed by atoms with E-state index in [0.717, 1.165) is 37.8 Å². The molecule has 3 atom stereocenters. The van der Waals surface area contributed by atoms with Gasteiger partial charge in [-0.05, 0) is 63.4 Å². The zero-order valence-corrected chi connectivity index (χ0v) is 14.5. The van der Waals surface area contributed by atoms with Crippen molar-refractivity contribution in [1.29, 1.82) is 0 Å². The number of piperidine rings is 3. The minimum atomic E-state index is -0.477.